The molecule has 0 aliphatic carbocycles. The van der Waals surface area contributed by atoms with Crippen molar-refractivity contribution < 1.29 is 4.74 Å². The summed E-state index contributed by atoms with van der Waals surface area (Å²) in [5.74, 6) is 2.52. The molecule has 0 unspecified atom stereocenters. The Kier molecular flexibility index (Phi) is 4.39. The molecule has 1 N–H and O–H groups in total. The Bertz CT molecular complexity index is 625. The lowest BCUT2D eigenvalue weighted by Gasteiger charge is -2.33. The molecular formula is C16H21N5O. The fourth-order valence-corrected chi connectivity index (χ4v) is 2.51. The summed E-state index contributed by atoms with van der Waals surface area (Å²) in [6.07, 6.45) is 1.60. The second-order valence-corrected chi connectivity index (χ2v) is 5.38. The number of benzene rings is 1. The van der Waals surface area contributed by atoms with Crippen LogP contribution in [-0.2, 0) is 0 Å². The minimum atomic E-state index is 0.772. The first-order valence-electron chi connectivity index (χ1n) is 7.42. The molecule has 2 aromatic rings. The maximum absolute atomic E-state index is 5.35. The normalized spacial score (nSPS) is 15.6. The first-order valence-corrected chi connectivity index (χ1v) is 7.42. The standard InChI is InChI=1S/C16H21N5O/c1-20-7-9-21(10-8-20)16-11-15(17-12-18-16)19-13-5-3-4-6-14(13)22-2/h3-6,11-12H,7-10H2,1-2H3,(H,17,18,19). The van der Waals surface area contributed by atoms with Gasteiger partial charge in [-0.3, -0.25) is 0 Å². The number of anilines is 3. The zero-order valence-corrected chi connectivity index (χ0v) is 13.0. The van der Waals surface area contributed by atoms with Crippen LogP contribution in [0.25, 0.3) is 0 Å². The van der Waals surface area contributed by atoms with Crippen molar-refractivity contribution in [3.63, 3.8) is 0 Å². The molecule has 1 fully saturated rings. The van der Waals surface area contributed by atoms with Crippen LogP contribution in [-0.4, -0.2) is 55.2 Å². The smallest absolute Gasteiger partial charge is 0.142 e. The van der Waals surface area contributed by atoms with Crippen LogP contribution in [0.4, 0.5) is 17.3 Å². The van der Waals surface area contributed by atoms with Crippen molar-refractivity contribution in [1.82, 2.24) is 14.9 Å². The topological polar surface area (TPSA) is 53.5 Å². The average molecular weight is 299 g/mol. The molecule has 0 atom stereocenters. The van der Waals surface area contributed by atoms with Gasteiger partial charge in [-0.15, -0.1) is 0 Å². The summed E-state index contributed by atoms with van der Waals surface area (Å²) >= 11 is 0. The molecule has 2 heterocycles. The highest BCUT2D eigenvalue weighted by atomic mass is 16.5. The molecule has 0 amide bonds. The minimum Gasteiger partial charge on any atom is -0.495 e. The quantitative estimate of drug-likeness (QED) is 0.931. The van der Waals surface area contributed by atoms with Crippen molar-refractivity contribution in [2.45, 2.75) is 0 Å². The lowest BCUT2D eigenvalue weighted by molar-refractivity contribution is 0.312. The van der Waals surface area contributed by atoms with Gasteiger partial charge >= 0.3 is 0 Å². The molecule has 6 nitrogen and oxygen atoms in total. The van der Waals surface area contributed by atoms with Crippen LogP contribution in [0.2, 0.25) is 0 Å². The molecule has 22 heavy (non-hydrogen) atoms. The van der Waals surface area contributed by atoms with E-state index in [0.717, 1.165) is 49.3 Å². The van der Waals surface area contributed by atoms with Crippen molar-refractivity contribution in [1.29, 1.82) is 0 Å². The van der Waals surface area contributed by atoms with Crippen LogP contribution in [0.3, 0.4) is 0 Å². The third-order valence-corrected chi connectivity index (χ3v) is 3.85. The fraction of sp³-hybridized carbons (Fsp3) is 0.375. The Morgan fingerprint density at radius 1 is 1.09 bits per heavy atom. The molecule has 0 spiro atoms. The highest BCUT2D eigenvalue weighted by Crippen LogP contribution is 2.27. The van der Waals surface area contributed by atoms with E-state index in [2.05, 4.69) is 32.1 Å². The second-order valence-electron chi connectivity index (χ2n) is 5.38. The number of ether oxygens (including phenoxy) is 1. The number of likely N-dealkylation sites (N-methyl/N-ethyl adjacent to an activating group) is 1. The van der Waals surface area contributed by atoms with Crippen LogP contribution in [0.15, 0.2) is 36.7 Å². The van der Waals surface area contributed by atoms with Crippen LogP contribution < -0.4 is 15.0 Å². The van der Waals surface area contributed by atoms with Gasteiger partial charge in [0.15, 0.2) is 0 Å². The third-order valence-electron chi connectivity index (χ3n) is 3.85. The maximum Gasteiger partial charge on any atom is 0.142 e. The summed E-state index contributed by atoms with van der Waals surface area (Å²) in [5.41, 5.74) is 0.896. The summed E-state index contributed by atoms with van der Waals surface area (Å²) in [5, 5.41) is 3.30. The van der Waals surface area contributed by atoms with E-state index in [1.165, 1.54) is 0 Å². The van der Waals surface area contributed by atoms with E-state index in [4.69, 9.17) is 4.74 Å². The van der Waals surface area contributed by atoms with Crippen molar-refractivity contribution in [3.8, 4) is 5.75 Å². The van der Waals surface area contributed by atoms with E-state index in [-0.39, 0.29) is 0 Å². The lowest BCUT2D eigenvalue weighted by atomic mass is 10.3. The summed E-state index contributed by atoms with van der Waals surface area (Å²) in [4.78, 5) is 13.3. The number of piperazine rings is 1. The molecule has 0 bridgehead atoms. The van der Waals surface area contributed by atoms with E-state index in [0.29, 0.717) is 0 Å². The molecule has 1 aliphatic heterocycles. The lowest BCUT2D eigenvalue weighted by Crippen LogP contribution is -2.44. The predicted molar refractivity (Wildman–Crippen MR) is 88.0 cm³/mol. The monoisotopic (exact) mass is 299 g/mol. The van der Waals surface area contributed by atoms with Gasteiger partial charge in [-0.2, -0.15) is 0 Å². The van der Waals surface area contributed by atoms with Gasteiger partial charge in [0.25, 0.3) is 0 Å². The number of nitrogens with one attached hydrogen (secondary N) is 1. The van der Waals surface area contributed by atoms with Crippen LogP contribution >= 0.6 is 0 Å². The minimum absolute atomic E-state index is 0.772. The van der Waals surface area contributed by atoms with E-state index in [9.17, 15) is 0 Å². The van der Waals surface area contributed by atoms with Crippen molar-refractivity contribution in [2.75, 3.05) is 50.6 Å². The zero-order chi connectivity index (χ0) is 15.4. The number of hydrogen-bond donors (Lipinski definition) is 1. The fourth-order valence-electron chi connectivity index (χ4n) is 2.51. The Labute approximate surface area is 130 Å². The predicted octanol–water partition coefficient (Wildman–Crippen LogP) is 1.98. The van der Waals surface area contributed by atoms with Gasteiger partial charge in [-0.25, -0.2) is 9.97 Å². The number of methoxy groups -OCH3 is 1. The van der Waals surface area contributed by atoms with Gasteiger partial charge in [-0.05, 0) is 19.2 Å². The number of aromatic nitrogens is 2. The van der Waals surface area contributed by atoms with E-state index < -0.39 is 0 Å². The Hall–Kier alpha value is -2.34. The first-order chi connectivity index (χ1) is 10.8. The van der Waals surface area contributed by atoms with E-state index >= 15 is 0 Å². The van der Waals surface area contributed by atoms with Gasteiger partial charge in [0.1, 0.15) is 23.7 Å². The van der Waals surface area contributed by atoms with E-state index in [1.54, 1.807) is 13.4 Å². The van der Waals surface area contributed by atoms with Crippen LogP contribution in [0.1, 0.15) is 0 Å². The first kappa shape index (κ1) is 14.6. The molecule has 0 radical (unpaired) electrons. The van der Waals surface area contributed by atoms with Gasteiger partial charge in [0.05, 0.1) is 12.8 Å². The van der Waals surface area contributed by atoms with Crippen molar-refractivity contribution >= 4 is 17.3 Å². The highest BCUT2D eigenvalue weighted by molar-refractivity contribution is 5.65. The van der Waals surface area contributed by atoms with E-state index in [1.807, 2.05) is 30.3 Å². The molecule has 1 aromatic heterocycles. The number of hydrogen-bond acceptors (Lipinski definition) is 6. The van der Waals surface area contributed by atoms with Crippen molar-refractivity contribution in [2.24, 2.45) is 0 Å². The molecule has 6 heteroatoms. The number of nitrogens with zero attached hydrogens (tertiary/aromatic N) is 4. The zero-order valence-electron chi connectivity index (χ0n) is 13.0. The SMILES string of the molecule is COc1ccccc1Nc1cc(N2CCN(C)CC2)ncn1. The number of para-hydroxylation sites is 2. The highest BCUT2D eigenvalue weighted by Gasteiger charge is 2.16. The molecule has 0 saturated carbocycles. The molecule has 1 aliphatic rings. The molecule has 1 saturated heterocycles. The molecule has 1 aromatic carbocycles. The van der Waals surface area contributed by atoms with Gasteiger partial charge < -0.3 is 19.9 Å². The van der Waals surface area contributed by atoms with Crippen LogP contribution in [0, 0.1) is 0 Å². The average Bonchev–Trinajstić information content (AvgIpc) is 2.56. The van der Waals surface area contributed by atoms with Gasteiger partial charge in [0, 0.05) is 32.2 Å². The van der Waals surface area contributed by atoms with Gasteiger partial charge in [-0.1, -0.05) is 12.1 Å². The molecule has 116 valence electrons. The van der Waals surface area contributed by atoms with Crippen molar-refractivity contribution in [3.05, 3.63) is 36.7 Å². The Morgan fingerprint density at radius 3 is 2.64 bits per heavy atom. The third kappa shape index (κ3) is 3.28. The second kappa shape index (κ2) is 6.62. The largest absolute Gasteiger partial charge is 0.495 e. The Morgan fingerprint density at radius 2 is 1.86 bits per heavy atom. The summed E-state index contributed by atoms with van der Waals surface area (Å²) in [6, 6.07) is 9.78. The summed E-state index contributed by atoms with van der Waals surface area (Å²) in [7, 11) is 3.81. The maximum atomic E-state index is 5.35. The Balaban J connectivity index is 1.76. The number of rotatable bonds is 4. The molecule has 3 rings (SSSR count). The summed E-state index contributed by atoms with van der Waals surface area (Å²) in [6.45, 7) is 4.09. The molecular weight excluding hydrogens is 278 g/mol. The van der Waals surface area contributed by atoms with Crippen LogP contribution in [0.5, 0.6) is 5.75 Å². The van der Waals surface area contributed by atoms with Gasteiger partial charge in [0.2, 0.25) is 0 Å². The summed E-state index contributed by atoms with van der Waals surface area (Å²) < 4.78 is 5.35.